The summed E-state index contributed by atoms with van der Waals surface area (Å²) in [6, 6.07) is 1.90. The van der Waals surface area contributed by atoms with Gasteiger partial charge < -0.3 is 5.32 Å². The molecule has 0 amide bonds. The molecule has 1 N–H and O–H groups in total. The van der Waals surface area contributed by atoms with Gasteiger partial charge in [-0.05, 0) is 17.8 Å². The Morgan fingerprint density at radius 3 is 2.05 bits per heavy atom. The van der Waals surface area contributed by atoms with Crippen LogP contribution in [0, 0.1) is 29.1 Å². The highest BCUT2D eigenvalue weighted by Crippen LogP contribution is 2.21. The lowest BCUT2D eigenvalue weighted by atomic mass is 9.85. The first-order valence-electron chi connectivity index (χ1n) is 7.16. The predicted molar refractivity (Wildman–Crippen MR) is 83.3 cm³/mol. The monoisotopic (exact) mass is 292 g/mol. The second kappa shape index (κ2) is 6.61. The molecule has 0 unspecified atom stereocenters. The van der Waals surface area contributed by atoms with E-state index < -0.39 is 11.2 Å². The van der Waals surface area contributed by atoms with E-state index in [2.05, 4.69) is 33.0 Å². The molecule has 6 heteroatoms. The maximum absolute atomic E-state index is 12.0. The Morgan fingerprint density at radius 1 is 1.10 bits per heavy atom. The zero-order chi connectivity index (χ0) is 16.3. The van der Waals surface area contributed by atoms with E-state index in [0.717, 1.165) is 4.57 Å². The molecule has 0 bridgehead atoms. The molecule has 0 aromatic carbocycles. The highest BCUT2D eigenvalue weighted by molar-refractivity contribution is 5.51. The molecule has 0 aliphatic carbocycles. The normalized spacial score (nSPS) is 11.2. The molecular formula is C15H24N4O2. The fourth-order valence-electron chi connectivity index (χ4n) is 2.61. The van der Waals surface area contributed by atoms with Gasteiger partial charge in [-0.25, -0.2) is 4.79 Å². The largest absolute Gasteiger partial charge is 0.370 e. The highest BCUT2D eigenvalue weighted by Gasteiger charge is 2.20. The second-order valence-electron chi connectivity index (χ2n) is 6.07. The molecule has 0 aliphatic heterocycles. The van der Waals surface area contributed by atoms with Crippen molar-refractivity contribution < 1.29 is 0 Å². The molecule has 0 aliphatic rings. The number of hydrogen-bond donors (Lipinski definition) is 1. The van der Waals surface area contributed by atoms with E-state index >= 15 is 0 Å². The third kappa shape index (κ3) is 3.35. The van der Waals surface area contributed by atoms with Gasteiger partial charge in [-0.15, -0.1) is 0 Å². The average Bonchev–Trinajstić information content (AvgIpc) is 2.41. The first-order valence-corrected chi connectivity index (χ1v) is 7.16. The van der Waals surface area contributed by atoms with Crippen LogP contribution in [0.25, 0.3) is 0 Å². The van der Waals surface area contributed by atoms with Crippen molar-refractivity contribution in [2.24, 2.45) is 31.8 Å². The van der Waals surface area contributed by atoms with Crippen LogP contribution in [-0.2, 0) is 14.1 Å². The van der Waals surface area contributed by atoms with Crippen LogP contribution >= 0.6 is 0 Å². The average molecular weight is 292 g/mol. The van der Waals surface area contributed by atoms with Gasteiger partial charge in [0.25, 0.3) is 5.56 Å². The first-order chi connectivity index (χ1) is 9.72. The maximum Gasteiger partial charge on any atom is 0.332 e. The van der Waals surface area contributed by atoms with Crippen molar-refractivity contribution in [1.29, 1.82) is 5.26 Å². The Balaban J connectivity index is 3.24. The van der Waals surface area contributed by atoms with Crippen LogP contribution in [0.1, 0.15) is 33.3 Å². The van der Waals surface area contributed by atoms with Crippen LogP contribution in [-0.4, -0.2) is 15.7 Å². The van der Waals surface area contributed by atoms with E-state index in [-0.39, 0.29) is 5.56 Å². The number of nitrogens with zero attached hydrogens (tertiary/aromatic N) is 3. The smallest absolute Gasteiger partial charge is 0.332 e. The van der Waals surface area contributed by atoms with E-state index in [1.807, 2.05) is 6.07 Å². The second-order valence-corrected chi connectivity index (χ2v) is 6.07. The molecule has 1 aromatic rings. The van der Waals surface area contributed by atoms with Crippen molar-refractivity contribution in [2.45, 2.75) is 27.7 Å². The lowest BCUT2D eigenvalue weighted by molar-refractivity contribution is 0.304. The van der Waals surface area contributed by atoms with Crippen LogP contribution in [0.5, 0.6) is 0 Å². The van der Waals surface area contributed by atoms with E-state index in [1.54, 1.807) is 7.05 Å². The summed E-state index contributed by atoms with van der Waals surface area (Å²) < 4.78 is 2.27. The SMILES string of the molecule is CC(C)C(CNc1c(C#N)c(=O)n(C)c(=O)n1C)C(C)C. The summed E-state index contributed by atoms with van der Waals surface area (Å²) in [4.78, 5) is 24.0. The quantitative estimate of drug-likeness (QED) is 0.887. The van der Waals surface area contributed by atoms with Crippen molar-refractivity contribution in [1.82, 2.24) is 9.13 Å². The molecule has 6 nitrogen and oxygen atoms in total. The number of nitriles is 1. The zero-order valence-corrected chi connectivity index (χ0v) is 13.6. The lowest BCUT2D eigenvalue weighted by Crippen LogP contribution is -2.40. The third-order valence-corrected chi connectivity index (χ3v) is 3.99. The zero-order valence-electron chi connectivity index (χ0n) is 13.6. The Hall–Kier alpha value is -2.03. The number of nitrogens with one attached hydrogen (secondary N) is 1. The summed E-state index contributed by atoms with van der Waals surface area (Å²) >= 11 is 0. The van der Waals surface area contributed by atoms with Gasteiger partial charge in [0.05, 0.1) is 0 Å². The molecule has 1 aromatic heterocycles. The molecule has 0 spiro atoms. The summed E-state index contributed by atoms with van der Waals surface area (Å²) in [7, 11) is 2.94. The summed E-state index contributed by atoms with van der Waals surface area (Å²) in [6.07, 6.45) is 0. The van der Waals surface area contributed by atoms with E-state index in [1.165, 1.54) is 11.6 Å². The van der Waals surface area contributed by atoms with Crippen molar-refractivity contribution >= 4 is 5.82 Å². The number of anilines is 1. The summed E-state index contributed by atoms with van der Waals surface area (Å²) in [6.45, 7) is 9.17. The third-order valence-electron chi connectivity index (χ3n) is 3.99. The lowest BCUT2D eigenvalue weighted by Gasteiger charge is -2.26. The Labute approximate surface area is 125 Å². The van der Waals surface area contributed by atoms with Crippen LogP contribution in [0.3, 0.4) is 0 Å². The highest BCUT2D eigenvalue weighted by atomic mass is 16.2. The first kappa shape index (κ1) is 17.0. The summed E-state index contributed by atoms with van der Waals surface area (Å²) in [5.74, 6) is 1.62. The van der Waals surface area contributed by atoms with Gasteiger partial charge in [-0.2, -0.15) is 5.26 Å². The van der Waals surface area contributed by atoms with Crippen LogP contribution in [0.15, 0.2) is 9.59 Å². The minimum Gasteiger partial charge on any atom is -0.370 e. The standard InChI is InChI=1S/C15H24N4O2/c1-9(2)12(10(3)4)8-17-13-11(7-16)14(20)19(6)15(21)18(13)5/h9-10,12,17H,8H2,1-6H3. The molecule has 0 radical (unpaired) electrons. The van der Waals surface area contributed by atoms with Crippen molar-refractivity contribution in [2.75, 3.05) is 11.9 Å². The summed E-state index contributed by atoms with van der Waals surface area (Å²) in [5, 5.41) is 12.3. The van der Waals surface area contributed by atoms with E-state index in [0.29, 0.717) is 30.1 Å². The van der Waals surface area contributed by atoms with E-state index in [4.69, 9.17) is 0 Å². The number of aromatic nitrogens is 2. The molecule has 0 atom stereocenters. The minimum atomic E-state index is -0.561. The van der Waals surface area contributed by atoms with Crippen molar-refractivity contribution in [3.63, 3.8) is 0 Å². The van der Waals surface area contributed by atoms with Gasteiger partial charge in [-0.1, -0.05) is 27.7 Å². The van der Waals surface area contributed by atoms with Gasteiger partial charge >= 0.3 is 5.69 Å². The van der Waals surface area contributed by atoms with Gasteiger partial charge in [0, 0.05) is 20.6 Å². The topological polar surface area (TPSA) is 79.8 Å². The fourth-order valence-corrected chi connectivity index (χ4v) is 2.61. The van der Waals surface area contributed by atoms with Gasteiger partial charge in [0.15, 0.2) is 5.56 Å². The van der Waals surface area contributed by atoms with Gasteiger partial charge in [0.1, 0.15) is 11.9 Å². The van der Waals surface area contributed by atoms with Gasteiger partial charge in [-0.3, -0.25) is 13.9 Å². The molecule has 1 heterocycles. The molecule has 116 valence electrons. The molecule has 21 heavy (non-hydrogen) atoms. The Morgan fingerprint density at radius 2 is 1.62 bits per heavy atom. The molecule has 0 saturated carbocycles. The number of hydrogen-bond acceptors (Lipinski definition) is 4. The van der Waals surface area contributed by atoms with Crippen molar-refractivity contribution in [3.8, 4) is 6.07 Å². The molecule has 0 fully saturated rings. The van der Waals surface area contributed by atoms with Crippen LogP contribution < -0.4 is 16.6 Å². The van der Waals surface area contributed by atoms with Gasteiger partial charge in [0.2, 0.25) is 0 Å². The molecular weight excluding hydrogens is 268 g/mol. The molecule has 0 saturated heterocycles. The Kier molecular flexibility index (Phi) is 5.36. The summed E-state index contributed by atoms with van der Waals surface area (Å²) in [5.41, 5.74) is -1.02. The minimum absolute atomic E-state index is 0.0223. The Bertz CT molecular complexity index is 654. The predicted octanol–water partition coefficient (Wildman–Crippen LogP) is 1.30. The molecule has 1 rings (SSSR count). The van der Waals surface area contributed by atoms with Crippen LogP contribution in [0.4, 0.5) is 5.82 Å². The fraction of sp³-hybridized carbons (Fsp3) is 0.667. The van der Waals surface area contributed by atoms with E-state index in [9.17, 15) is 14.9 Å². The maximum atomic E-state index is 12.0. The van der Waals surface area contributed by atoms with Crippen molar-refractivity contribution in [3.05, 3.63) is 26.4 Å². The number of rotatable bonds is 5. The van der Waals surface area contributed by atoms with Crippen LogP contribution in [0.2, 0.25) is 0 Å².